The molecule has 1 unspecified atom stereocenters. The second-order valence-electron chi connectivity index (χ2n) is 4.64. The van der Waals surface area contributed by atoms with Gasteiger partial charge in [-0.05, 0) is 18.6 Å². The number of esters is 1. The van der Waals surface area contributed by atoms with Gasteiger partial charge in [0, 0.05) is 26.3 Å². The zero-order valence-electron chi connectivity index (χ0n) is 11.0. The van der Waals surface area contributed by atoms with Crippen molar-refractivity contribution in [2.24, 2.45) is 0 Å². The Morgan fingerprint density at radius 3 is 2.72 bits per heavy atom. The van der Waals surface area contributed by atoms with Crippen molar-refractivity contribution in [2.45, 2.75) is 45.8 Å². The summed E-state index contributed by atoms with van der Waals surface area (Å²) >= 11 is 0. The van der Waals surface area contributed by atoms with E-state index in [2.05, 4.69) is 6.92 Å². The number of rotatable bonds is 4. The van der Waals surface area contributed by atoms with E-state index < -0.39 is 5.79 Å². The second kappa shape index (κ2) is 4.88. The summed E-state index contributed by atoms with van der Waals surface area (Å²) in [6, 6.07) is 5.16. The van der Waals surface area contributed by atoms with Gasteiger partial charge in [0.1, 0.15) is 5.75 Å². The SMILES string of the molecule is CCCCC1(C)Oc2ccc(OC(C)=O)cc2O1. The van der Waals surface area contributed by atoms with Crippen LogP contribution in [0.3, 0.4) is 0 Å². The molecule has 2 rings (SSSR count). The standard InChI is InChI=1S/C14H18O4/c1-4-5-8-14(3)17-12-7-6-11(16-10(2)15)9-13(12)18-14/h6-7,9H,4-5,8H2,1-3H3. The minimum absolute atomic E-state index is 0.345. The largest absolute Gasteiger partial charge is 0.449 e. The molecular weight excluding hydrogens is 232 g/mol. The fourth-order valence-corrected chi connectivity index (χ4v) is 1.97. The van der Waals surface area contributed by atoms with Crippen LogP contribution < -0.4 is 14.2 Å². The van der Waals surface area contributed by atoms with Crippen LogP contribution in [-0.4, -0.2) is 11.8 Å². The third kappa shape index (κ3) is 2.75. The van der Waals surface area contributed by atoms with Crippen molar-refractivity contribution in [2.75, 3.05) is 0 Å². The third-order valence-electron chi connectivity index (χ3n) is 2.81. The number of carbonyl (C=O) groups excluding carboxylic acids is 1. The van der Waals surface area contributed by atoms with Crippen LogP contribution in [-0.2, 0) is 4.79 Å². The van der Waals surface area contributed by atoms with E-state index in [-0.39, 0.29) is 5.97 Å². The van der Waals surface area contributed by atoms with E-state index >= 15 is 0 Å². The lowest BCUT2D eigenvalue weighted by molar-refractivity contribution is -0.131. The zero-order chi connectivity index (χ0) is 13.2. The van der Waals surface area contributed by atoms with Gasteiger partial charge in [0.05, 0.1) is 0 Å². The Bertz CT molecular complexity index is 455. The summed E-state index contributed by atoms with van der Waals surface area (Å²) in [7, 11) is 0. The van der Waals surface area contributed by atoms with Crippen molar-refractivity contribution in [3.05, 3.63) is 18.2 Å². The molecule has 1 aromatic carbocycles. The van der Waals surface area contributed by atoms with E-state index in [0.29, 0.717) is 17.2 Å². The second-order valence-corrected chi connectivity index (χ2v) is 4.64. The Hall–Kier alpha value is -1.71. The van der Waals surface area contributed by atoms with Gasteiger partial charge in [0.2, 0.25) is 5.79 Å². The van der Waals surface area contributed by atoms with Crippen molar-refractivity contribution in [3.8, 4) is 17.2 Å². The number of carbonyl (C=O) groups is 1. The Morgan fingerprint density at radius 2 is 2.06 bits per heavy atom. The first-order valence-corrected chi connectivity index (χ1v) is 6.23. The molecular formula is C14H18O4. The lowest BCUT2D eigenvalue weighted by Gasteiger charge is -2.22. The molecule has 0 amide bonds. The summed E-state index contributed by atoms with van der Waals surface area (Å²) < 4.78 is 16.6. The number of ether oxygens (including phenoxy) is 3. The summed E-state index contributed by atoms with van der Waals surface area (Å²) in [5.74, 6) is 0.858. The van der Waals surface area contributed by atoms with Crippen LogP contribution >= 0.6 is 0 Å². The van der Waals surface area contributed by atoms with Crippen molar-refractivity contribution in [1.29, 1.82) is 0 Å². The first-order chi connectivity index (χ1) is 8.52. The summed E-state index contributed by atoms with van der Waals surface area (Å²) in [4.78, 5) is 10.9. The van der Waals surface area contributed by atoms with Crippen LogP contribution in [0.4, 0.5) is 0 Å². The van der Waals surface area contributed by atoms with E-state index in [0.717, 1.165) is 19.3 Å². The van der Waals surface area contributed by atoms with Crippen LogP contribution in [0.2, 0.25) is 0 Å². The molecule has 0 spiro atoms. The molecule has 0 saturated heterocycles. The molecule has 0 saturated carbocycles. The molecule has 1 aliphatic heterocycles. The van der Waals surface area contributed by atoms with Gasteiger partial charge < -0.3 is 14.2 Å². The maximum Gasteiger partial charge on any atom is 0.308 e. The van der Waals surface area contributed by atoms with Gasteiger partial charge in [0.25, 0.3) is 0 Å². The van der Waals surface area contributed by atoms with Crippen LogP contribution in [0.1, 0.15) is 40.0 Å². The highest BCUT2D eigenvalue weighted by atomic mass is 16.7. The minimum Gasteiger partial charge on any atom is -0.449 e. The maximum absolute atomic E-state index is 10.9. The van der Waals surface area contributed by atoms with Gasteiger partial charge in [-0.1, -0.05) is 13.3 Å². The van der Waals surface area contributed by atoms with E-state index in [9.17, 15) is 4.79 Å². The predicted octanol–water partition coefficient (Wildman–Crippen LogP) is 3.29. The molecule has 1 aromatic rings. The number of hydrogen-bond acceptors (Lipinski definition) is 4. The molecule has 0 aromatic heterocycles. The van der Waals surface area contributed by atoms with Crippen molar-refractivity contribution in [3.63, 3.8) is 0 Å². The minimum atomic E-state index is -0.604. The van der Waals surface area contributed by atoms with E-state index in [1.54, 1.807) is 18.2 Å². The van der Waals surface area contributed by atoms with E-state index in [1.807, 2.05) is 6.92 Å². The van der Waals surface area contributed by atoms with Gasteiger partial charge in [0.15, 0.2) is 11.5 Å². The van der Waals surface area contributed by atoms with Crippen LogP contribution in [0.25, 0.3) is 0 Å². The third-order valence-corrected chi connectivity index (χ3v) is 2.81. The lowest BCUT2D eigenvalue weighted by Crippen LogP contribution is -2.34. The van der Waals surface area contributed by atoms with Crippen molar-refractivity contribution < 1.29 is 19.0 Å². The Balaban J connectivity index is 2.12. The van der Waals surface area contributed by atoms with Gasteiger partial charge >= 0.3 is 5.97 Å². The number of hydrogen-bond donors (Lipinski definition) is 0. The summed E-state index contributed by atoms with van der Waals surface area (Å²) in [6.07, 6.45) is 2.97. The highest BCUT2D eigenvalue weighted by molar-refractivity contribution is 5.69. The zero-order valence-corrected chi connectivity index (χ0v) is 11.0. The number of fused-ring (bicyclic) bond motifs is 1. The molecule has 0 aliphatic carbocycles. The van der Waals surface area contributed by atoms with Crippen LogP contribution in [0, 0.1) is 0 Å². The van der Waals surface area contributed by atoms with Gasteiger partial charge in [-0.3, -0.25) is 4.79 Å². The highest BCUT2D eigenvalue weighted by Crippen LogP contribution is 2.43. The van der Waals surface area contributed by atoms with E-state index in [1.165, 1.54) is 6.92 Å². The van der Waals surface area contributed by atoms with Crippen molar-refractivity contribution in [1.82, 2.24) is 0 Å². The summed E-state index contributed by atoms with van der Waals surface area (Å²) in [5, 5.41) is 0. The van der Waals surface area contributed by atoms with Gasteiger partial charge in [-0.15, -0.1) is 0 Å². The molecule has 4 nitrogen and oxygen atoms in total. The summed E-state index contributed by atoms with van der Waals surface area (Å²) in [6.45, 7) is 5.42. The first kappa shape index (κ1) is 12.7. The topological polar surface area (TPSA) is 44.8 Å². The Labute approximate surface area is 107 Å². The van der Waals surface area contributed by atoms with Gasteiger partial charge in [-0.2, -0.15) is 0 Å². The number of unbranched alkanes of at least 4 members (excludes halogenated alkanes) is 1. The highest BCUT2D eigenvalue weighted by Gasteiger charge is 2.36. The molecule has 0 fully saturated rings. The average molecular weight is 250 g/mol. The molecule has 1 aliphatic rings. The molecule has 1 atom stereocenters. The first-order valence-electron chi connectivity index (χ1n) is 6.23. The van der Waals surface area contributed by atoms with Gasteiger partial charge in [-0.25, -0.2) is 0 Å². The maximum atomic E-state index is 10.9. The monoisotopic (exact) mass is 250 g/mol. The molecule has 0 bridgehead atoms. The molecule has 0 N–H and O–H groups in total. The smallest absolute Gasteiger partial charge is 0.308 e. The Kier molecular flexibility index (Phi) is 3.45. The fourth-order valence-electron chi connectivity index (χ4n) is 1.97. The predicted molar refractivity (Wildman–Crippen MR) is 66.9 cm³/mol. The quantitative estimate of drug-likeness (QED) is 0.607. The number of benzene rings is 1. The summed E-state index contributed by atoms with van der Waals surface area (Å²) in [5.41, 5.74) is 0. The lowest BCUT2D eigenvalue weighted by atomic mass is 10.1. The molecule has 98 valence electrons. The van der Waals surface area contributed by atoms with Crippen LogP contribution in [0.15, 0.2) is 18.2 Å². The van der Waals surface area contributed by atoms with Crippen molar-refractivity contribution >= 4 is 5.97 Å². The molecule has 4 heteroatoms. The van der Waals surface area contributed by atoms with Crippen LogP contribution in [0.5, 0.6) is 17.2 Å². The molecule has 18 heavy (non-hydrogen) atoms. The molecule has 0 radical (unpaired) electrons. The molecule has 1 heterocycles. The normalized spacial score (nSPS) is 20.8. The fraction of sp³-hybridized carbons (Fsp3) is 0.500. The van der Waals surface area contributed by atoms with E-state index in [4.69, 9.17) is 14.2 Å². The Morgan fingerprint density at radius 1 is 1.33 bits per heavy atom. The average Bonchev–Trinajstić information content (AvgIpc) is 2.62.